The van der Waals surface area contributed by atoms with E-state index < -0.39 is 24.3 Å². The highest BCUT2D eigenvalue weighted by atomic mass is 16.7. The van der Waals surface area contributed by atoms with Crippen molar-refractivity contribution in [2.24, 2.45) is 0 Å². The molecule has 1 N–H and O–H groups in total. The van der Waals surface area contributed by atoms with E-state index in [1.165, 1.54) is 218 Å². The highest BCUT2D eigenvalue weighted by Crippen LogP contribution is 2.18. The monoisotopic (exact) mass is 1270 g/mol. The average Bonchev–Trinajstić information content (AvgIpc) is 3.46. The summed E-state index contributed by atoms with van der Waals surface area (Å²) in [6.07, 6.45) is 97.9. The fourth-order valence-electron chi connectivity index (χ4n) is 10.7. The molecule has 0 aromatic heterocycles. The van der Waals surface area contributed by atoms with Crippen molar-refractivity contribution >= 4 is 17.9 Å². The van der Waals surface area contributed by atoms with E-state index in [0.717, 1.165) is 89.9 Å². The number of carbonyl (C=O) groups is 3. The summed E-state index contributed by atoms with van der Waals surface area (Å²) in [4.78, 5) is 37.7. The van der Waals surface area contributed by atoms with Crippen molar-refractivity contribution in [3.05, 3.63) is 109 Å². The van der Waals surface area contributed by atoms with Crippen molar-refractivity contribution in [2.45, 2.75) is 347 Å². The van der Waals surface area contributed by atoms with Crippen LogP contribution in [0, 0.1) is 0 Å². The Morgan fingerprint density at radius 3 is 0.934 bits per heavy atom. The van der Waals surface area contributed by atoms with E-state index in [2.05, 4.69) is 123 Å². The first-order valence-corrected chi connectivity index (χ1v) is 38.1. The molecule has 0 aliphatic carbocycles. The van der Waals surface area contributed by atoms with Crippen LogP contribution in [0.4, 0.5) is 0 Å². The van der Waals surface area contributed by atoms with Crippen molar-refractivity contribution in [1.29, 1.82) is 0 Å². The second kappa shape index (κ2) is 71.8. The molecular weight excluding hydrogens is 1130 g/mol. The van der Waals surface area contributed by atoms with Crippen molar-refractivity contribution in [2.75, 3.05) is 47.5 Å². The van der Waals surface area contributed by atoms with Gasteiger partial charge in [0.1, 0.15) is 13.2 Å². The summed E-state index contributed by atoms with van der Waals surface area (Å²) in [6, 6.07) is 0. The third-order valence-corrected chi connectivity index (χ3v) is 16.5. The third-order valence-electron chi connectivity index (χ3n) is 16.5. The van der Waals surface area contributed by atoms with E-state index >= 15 is 0 Å². The lowest BCUT2D eigenvalue weighted by Crippen LogP contribution is -2.40. The molecule has 0 aromatic rings. The number of likely N-dealkylation sites (N-methyl/N-ethyl adjacent to an activating group) is 1. The largest absolute Gasteiger partial charge is 0.477 e. The van der Waals surface area contributed by atoms with Crippen molar-refractivity contribution in [3.63, 3.8) is 0 Å². The summed E-state index contributed by atoms with van der Waals surface area (Å²) in [6.45, 7) is 4.78. The van der Waals surface area contributed by atoms with Crippen LogP contribution in [-0.2, 0) is 33.3 Å². The normalized spacial score (nSPS) is 13.3. The van der Waals surface area contributed by atoms with Crippen LogP contribution >= 0.6 is 0 Å². The Kier molecular flexibility index (Phi) is 68.6. The molecule has 524 valence electrons. The molecule has 9 heteroatoms. The van der Waals surface area contributed by atoms with Gasteiger partial charge in [-0.25, -0.2) is 4.79 Å². The minimum Gasteiger partial charge on any atom is -0.477 e. The summed E-state index contributed by atoms with van der Waals surface area (Å²) >= 11 is 0. The summed E-state index contributed by atoms with van der Waals surface area (Å²) in [7, 11) is 5.98. The molecule has 91 heavy (non-hydrogen) atoms. The Labute approximate surface area is 562 Å². The zero-order valence-electron chi connectivity index (χ0n) is 60.0. The van der Waals surface area contributed by atoms with Gasteiger partial charge in [-0.1, -0.05) is 329 Å². The van der Waals surface area contributed by atoms with Crippen molar-refractivity contribution in [1.82, 2.24) is 0 Å². The highest BCUT2D eigenvalue weighted by Gasteiger charge is 2.25. The first kappa shape index (κ1) is 87.0. The van der Waals surface area contributed by atoms with Crippen molar-refractivity contribution < 1.29 is 42.9 Å². The average molecular weight is 1270 g/mol. The second-order valence-corrected chi connectivity index (χ2v) is 26.6. The van der Waals surface area contributed by atoms with Crippen LogP contribution in [0.2, 0.25) is 0 Å². The van der Waals surface area contributed by atoms with Crippen LogP contribution in [0.3, 0.4) is 0 Å². The van der Waals surface area contributed by atoms with E-state index in [1.54, 1.807) is 0 Å². The number of esters is 2. The number of hydrogen-bond acceptors (Lipinski definition) is 7. The molecule has 0 amide bonds. The third kappa shape index (κ3) is 73.2. The molecule has 0 saturated heterocycles. The first-order chi connectivity index (χ1) is 44.6. The standard InChI is InChI=1S/C82H143NO8/c1-6-8-10-12-14-16-18-20-22-24-26-28-30-32-34-36-38-40-42-44-46-48-50-52-54-56-58-60-62-64-66-68-70-72-79(84)89-76-78(77-90-82(81(86)87)88-75-74-83(3,4)5)91-80(85)73-71-69-67-65-63-61-59-57-55-53-51-49-47-45-43-41-39-37-35-33-31-29-27-25-23-21-19-17-15-13-11-9-7-2/h9,11,15,17-18,20-21,23-24,26-27,29-30,32-33,35,39,41,78,82H,6-8,10,12-14,16,19,22,25,28,31,34,36-38,40,42-77H2,1-5H3/p+1/b11-9-,17-15-,20-18-,23-21-,26-24-,29-27-,32-30-,35-33-,41-39-. The SMILES string of the molecule is CC/C=C\C/C=C\C/C=C\C/C=C\C/C=C\C/C=C\CCCCCCCCCCCCCCCCC(=O)OC(COC(=O)CCCCCCCCCCCCCCCCCCCC/C=C\C/C=C\C/C=C\CCCCCCC)COC(OCC[N+](C)(C)C)C(=O)O. The molecule has 2 unspecified atom stereocenters. The minimum atomic E-state index is -1.52. The molecule has 0 aliphatic rings. The maximum absolute atomic E-state index is 13.0. The van der Waals surface area contributed by atoms with Crippen LogP contribution < -0.4 is 0 Å². The maximum Gasteiger partial charge on any atom is 0.361 e. The van der Waals surface area contributed by atoms with Gasteiger partial charge in [0, 0.05) is 12.8 Å². The fourth-order valence-corrected chi connectivity index (χ4v) is 10.7. The molecule has 0 saturated carbocycles. The number of carboxylic acid groups (broad SMARTS) is 1. The van der Waals surface area contributed by atoms with Crippen LogP contribution in [0.5, 0.6) is 0 Å². The van der Waals surface area contributed by atoms with Gasteiger partial charge >= 0.3 is 17.9 Å². The summed E-state index contributed by atoms with van der Waals surface area (Å²) in [5.41, 5.74) is 0. The number of hydrogen-bond donors (Lipinski definition) is 1. The maximum atomic E-state index is 13.0. The molecular formula is C82H144NO8+. The Bertz CT molecular complexity index is 1870. The molecule has 0 fully saturated rings. The van der Waals surface area contributed by atoms with Gasteiger partial charge in [0.05, 0.1) is 34.4 Å². The minimum absolute atomic E-state index is 0.183. The van der Waals surface area contributed by atoms with Gasteiger partial charge in [-0.2, -0.15) is 0 Å². The van der Waals surface area contributed by atoms with Gasteiger partial charge < -0.3 is 28.5 Å². The van der Waals surface area contributed by atoms with E-state index in [9.17, 15) is 19.5 Å². The van der Waals surface area contributed by atoms with Crippen LogP contribution in [0.25, 0.3) is 0 Å². The zero-order chi connectivity index (χ0) is 66.1. The molecule has 0 radical (unpaired) electrons. The Balaban J connectivity index is 4.06. The van der Waals surface area contributed by atoms with Crippen LogP contribution in [0.15, 0.2) is 109 Å². The van der Waals surface area contributed by atoms with E-state index in [0.29, 0.717) is 17.4 Å². The smallest absolute Gasteiger partial charge is 0.361 e. The molecule has 2 atom stereocenters. The Hall–Kier alpha value is -4.05. The molecule has 9 nitrogen and oxygen atoms in total. The number of carbonyl (C=O) groups excluding carboxylic acids is 2. The van der Waals surface area contributed by atoms with E-state index in [4.69, 9.17) is 18.9 Å². The summed E-state index contributed by atoms with van der Waals surface area (Å²) in [5, 5.41) is 9.77. The predicted octanol–water partition coefficient (Wildman–Crippen LogP) is 24.1. The van der Waals surface area contributed by atoms with Gasteiger partial charge in [-0.3, -0.25) is 9.59 Å². The first-order valence-electron chi connectivity index (χ1n) is 38.1. The fraction of sp³-hybridized carbons (Fsp3) is 0.744. The summed E-state index contributed by atoms with van der Waals surface area (Å²) in [5.74, 6) is -1.99. The molecule has 0 spiro atoms. The number of quaternary nitrogens is 1. The number of allylic oxidation sites excluding steroid dienone is 18. The number of ether oxygens (including phenoxy) is 4. The molecule has 0 aromatic carbocycles. The lowest BCUT2D eigenvalue weighted by atomic mass is 10.0. The Morgan fingerprint density at radius 1 is 0.341 bits per heavy atom. The molecule has 0 bridgehead atoms. The number of nitrogens with zero attached hydrogens (tertiary/aromatic N) is 1. The van der Waals surface area contributed by atoms with Crippen LogP contribution in [-0.4, -0.2) is 87.4 Å². The van der Waals surface area contributed by atoms with E-state index in [-0.39, 0.29) is 32.2 Å². The quantitative estimate of drug-likeness (QED) is 0.0211. The summed E-state index contributed by atoms with van der Waals surface area (Å²) < 4.78 is 23.0. The van der Waals surface area contributed by atoms with Gasteiger partial charge in [-0.05, 0) is 103 Å². The highest BCUT2D eigenvalue weighted by molar-refractivity contribution is 5.71. The zero-order valence-corrected chi connectivity index (χ0v) is 60.0. The van der Waals surface area contributed by atoms with Gasteiger partial charge in [0.2, 0.25) is 0 Å². The van der Waals surface area contributed by atoms with Crippen molar-refractivity contribution in [3.8, 4) is 0 Å². The number of carboxylic acids is 1. The van der Waals surface area contributed by atoms with Gasteiger partial charge in [-0.15, -0.1) is 0 Å². The lowest BCUT2D eigenvalue weighted by Gasteiger charge is -2.25. The molecule has 0 aliphatic heterocycles. The number of aliphatic carboxylic acids is 1. The van der Waals surface area contributed by atoms with E-state index in [1.807, 2.05) is 21.1 Å². The van der Waals surface area contributed by atoms with Gasteiger partial charge in [0.15, 0.2) is 6.10 Å². The topological polar surface area (TPSA) is 108 Å². The Morgan fingerprint density at radius 2 is 0.626 bits per heavy atom. The number of rotatable bonds is 70. The second-order valence-electron chi connectivity index (χ2n) is 26.6. The predicted molar refractivity (Wildman–Crippen MR) is 392 cm³/mol. The number of unbranched alkanes of at least 4 members (excludes halogenated alkanes) is 37. The molecule has 0 heterocycles. The molecule has 0 rings (SSSR count). The lowest BCUT2D eigenvalue weighted by molar-refractivity contribution is -0.870. The van der Waals surface area contributed by atoms with Crippen LogP contribution in [0.1, 0.15) is 335 Å². The van der Waals surface area contributed by atoms with Gasteiger partial charge in [0.25, 0.3) is 6.29 Å².